The van der Waals surface area contributed by atoms with Gasteiger partial charge in [-0.1, -0.05) is 13.3 Å². The van der Waals surface area contributed by atoms with E-state index in [0.29, 0.717) is 23.9 Å². The summed E-state index contributed by atoms with van der Waals surface area (Å²) >= 11 is 0. The number of carboxylic acids is 1. The van der Waals surface area contributed by atoms with Gasteiger partial charge >= 0.3 is 5.97 Å². The van der Waals surface area contributed by atoms with Gasteiger partial charge in [-0.05, 0) is 19.4 Å². The lowest BCUT2D eigenvalue weighted by molar-refractivity contribution is 0.0695. The average Bonchev–Trinajstić information content (AvgIpc) is 2.79. The molecule has 0 spiro atoms. The number of anilines is 1. The molecule has 0 unspecified atom stereocenters. The average molecular weight is 275 g/mol. The van der Waals surface area contributed by atoms with E-state index in [9.17, 15) is 4.79 Å². The lowest BCUT2D eigenvalue weighted by Crippen LogP contribution is -2.02. The van der Waals surface area contributed by atoms with Crippen molar-refractivity contribution in [3.8, 4) is 0 Å². The van der Waals surface area contributed by atoms with Gasteiger partial charge in [0.2, 0.25) is 0 Å². The van der Waals surface area contributed by atoms with Gasteiger partial charge in [0.15, 0.2) is 0 Å². The van der Waals surface area contributed by atoms with Crippen molar-refractivity contribution in [3.05, 3.63) is 41.2 Å². The molecule has 0 atom stereocenters. The van der Waals surface area contributed by atoms with Crippen LogP contribution >= 0.6 is 0 Å². The summed E-state index contributed by atoms with van der Waals surface area (Å²) in [5.41, 5.74) is 1.17. The molecule has 6 heteroatoms. The number of nitrogens with one attached hydrogen (secondary N) is 1. The molecule has 0 aliphatic carbocycles. The van der Waals surface area contributed by atoms with Gasteiger partial charge in [-0.25, -0.2) is 14.8 Å². The Morgan fingerprint density at radius 3 is 2.85 bits per heavy atom. The molecule has 2 heterocycles. The van der Waals surface area contributed by atoms with Crippen LogP contribution in [0.15, 0.2) is 22.9 Å². The molecule has 2 aromatic rings. The third-order valence-corrected chi connectivity index (χ3v) is 2.87. The zero-order chi connectivity index (χ0) is 14.5. The maximum Gasteiger partial charge on any atom is 0.339 e. The highest BCUT2D eigenvalue weighted by Gasteiger charge is 2.13. The number of aromatic carboxylic acids is 1. The molecule has 0 aromatic carbocycles. The Bertz CT molecular complexity index is 607. The van der Waals surface area contributed by atoms with E-state index in [1.165, 1.54) is 12.4 Å². The van der Waals surface area contributed by atoms with Crippen molar-refractivity contribution in [1.29, 1.82) is 0 Å². The fourth-order valence-corrected chi connectivity index (χ4v) is 1.91. The van der Waals surface area contributed by atoms with E-state index in [4.69, 9.17) is 9.52 Å². The summed E-state index contributed by atoms with van der Waals surface area (Å²) < 4.78 is 5.39. The Hall–Kier alpha value is -2.37. The van der Waals surface area contributed by atoms with Crippen LogP contribution in [0.25, 0.3) is 0 Å². The fraction of sp³-hybridized carbons (Fsp3) is 0.357. The lowest BCUT2D eigenvalue weighted by Gasteiger charge is -2.04. The zero-order valence-corrected chi connectivity index (χ0v) is 11.5. The first kappa shape index (κ1) is 14.0. The monoisotopic (exact) mass is 275 g/mol. The number of aromatic nitrogens is 2. The second-order valence-corrected chi connectivity index (χ2v) is 4.49. The third kappa shape index (κ3) is 3.34. The molecule has 0 aliphatic heterocycles. The number of nitrogens with zero attached hydrogens (tertiary/aromatic N) is 2. The molecular weight excluding hydrogens is 258 g/mol. The molecule has 2 aromatic heterocycles. The highest BCUT2D eigenvalue weighted by atomic mass is 16.4. The molecule has 0 amide bonds. The van der Waals surface area contributed by atoms with Gasteiger partial charge in [0, 0.05) is 11.8 Å². The van der Waals surface area contributed by atoms with Crippen molar-refractivity contribution < 1.29 is 14.3 Å². The standard InChI is InChI=1S/C14H17N3O3/c1-3-4-10-5-13(17-8-16-10)15-7-11-6-12(14(18)19)9(2)20-11/h5-6,8H,3-4,7H2,1-2H3,(H,18,19)(H,15,16,17). The highest BCUT2D eigenvalue weighted by molar-refractivity contribution is 5.88. The van der Waals surface area contributed by atoms with Crippen LogP contribution in [-0.4, -0.2) is 21.0 Å². The smallest absolute Gasteiger partial charge is 0.339 e. The quantitative estimate of drug-likeness (QED) is 0.842. The number of furan rings is 1. The number of aryl methyl sites for hydroxylation is 2. The Balaban J connectivity index is 2.03. The van der Waals surface area contributed by atoms with E-state index >= 15 is 0 Å². The van der Waals surface area contributed by atoms with Crippen molar-refractivity contribution >= 4 is 11.8 Å². The number of carbonyl (C=O) groups is 1. The van der Waals surface area contributed by atoms with Crippen molar-refractivity contribution in [3.63, 3.8) is 0 Å². The van der Waals surface area contributed by atoms with Gasteiger partial charge in [-0.3, -0.25) is 0 Å². The van der Waals surface area contributed by atoms with Crippen molar-refractivity contribution in [2.75, 3.05) is 5.32 Å². The van der Waals surface area contributed by atoms with Gasteiger partial charge in [0.05, 0.1) is 6.54 Å². The number of hydrogen-bond acceptors (Lipinski definition) is 5. The zero-order valence-electron chi connectivity index (χ0n) is 11.5. The first-order valence-corrected chi connectivity index (χ1v) is 6.47. The largest absolute Gasteiger partial charge is 0.478 e. The van der Waals surface area contributed by atoms with Gasteiger partial charge in [-0.15, -0.1) is 0 Å². The number of carboxylic acid groups (broad SMARTS) is 1. The topological polar surface area (TPSA) is 88.2 Å². The molecule has 20 heavy (non-hydrogen) atoms. The normalized spacial score (nSPS) is 10.5. The summed E-state index contributed by atoms with van der Waals surface area (Å²) in [5.74, 6) is 0.693. The van der Waals surface area contributed by atoms with Gasteiger partial charge in [0.1, 0.15) is 29.2 Å². The summed E-state index contributed by atoms with van der Waals surface area (Å²) in [7, 11) is 0. The Labute approximate surface area is 116 Å². The lowest BCUT2D eigenvalue weighted by atomic mass is 10.2. The van der Waals surface area contributed by atoms with Crippen LogP contribution in [0, 0.1) is 6.92 Å². The summed E-state index contributed by atoms with van der Waals surface area (Å²) in [6, 6.07) is 3.41. The van der Waals surface area contributed by atoms with E-state index < -0.39 is 5.97 Å². The molecule has 0 radical (unpaired) electrons. The molecule has 2 N–H and O–H groups in total. The van der Waals surface area contributed by atoms with Crippen LogP contribution < -0.4 is 5.32 Å². The van der Waals surface area contributed by atoms with E-state index in [-0.39, 0.29) is 5.56 Å². The van der Waals surface area contributed by atoms with Crippen LogP contribution in [-0.2, 0) is 13.0 Å². The minimum atomic E-state index is -0.982. The minimum absolute atomic E-state index is 0.191. The number of hydrogen-bond donors (Lipinski definition) is 2. The second kappa shape index (κ2) is 6.18. The molecule has 0 saturated carbocycles. The number of rotatable bonds is 6. The van der Waals surface area contributed by atoms with E-state index in [0.717, 1.165) is 18.5 Å². The molecule has 0 bridgehead atoms. The van der Waals surface area contributed by atoms with Crippen LogP contribution in [0.2, 0.25) is 0 Å². The summed E-state index contributed by atoms with van der Waals surface area (Å²) in [6.07, 6.45) is 3.44. The van der Waals surface area contributed by atoms with E-state index in [1.807, 2.05) is 6.07 Å². The molecule has 0 fully saturated rings. The molecule has 2 rings (SSSR count). The Morgan fingerprint density at radius 1 is 1.40 bits per heavy atom. The first-order valence-electron chi connectivity index (χ1n) is 6.47. The van der Waals surface area contributed by atoms with Gasteiger partial charge in [0.25, 0.3) is 0 Å². The van der Waals surface area contributed by atoms with Crippen LogP contribution in [0.4, 0.5) is 5.82 Å². The minimum Gasteiger partial charge on any atom is -0.478 e. The SMILES string of the molecule is CCCc1cc(NCc2cc(C(=O)O)c(C)o2)ncn1. The summed E-state index contributed by atoms with van der Waals surface area (Å²) in [6.45, 7) is 4.11. The molecule has 0 saturated heterocycles. The predicted molar refractivity (Wildman–Crippen MR) is 73.8 cm³/mol. The summed E-state index contributed by atoms with van der Waals surface area (Å²) in [4.78, 5) is 19.2. The van der Waals surface area contributed by atoms with Crippen molar-refractivity contribution in [2.45, 2.75) is 33.2 Å². The maximum absolute atomic E-state index is 10.9. The van der Waals surface area contributed by atoms with E-state index in [1.54, 1.807) is 6.92 Å². The molecule has 106 valence electrons. The van der Waals surface area contributed by atoms with Gasteiger partial charge < -0.3 is 14.8 Å². The molecule has 0 aliphatic rings. The van der Waals surface area contributed by atoms with Crippen molar-refractivity contribution in [1.82, 2.24) is 9.97 Å². The molecule has 6 nitrogen and oxygen atoms in total. The Kier molecular flexibility index (Phi) is 4.34. The van der Waals surface area contributed by atoms with Crippen molar-refractivity contribution in [2.24, 2.45) is 0 Å². The fourth-order valence-electron chi connectivity index (χ4n) is 1.91. The third-order valence-electron chi connectivity index (χ3n) is 2.87. The maximum atomic E-state index is 10.9. The molecular formula is C14H17N3O3. The van der Waals surface area contributed by atoms with E-state index in [2.05, 4.69) is 22.2 Å². The summed E-state index contributed by atoms with van der Waals surface area (Å²) in [5, 5.41) is 12.1. The predicted octanol–water partition coefficient (Wildman–Crippen LogP) is 2.64. The Morgan fingerprint density at radius 2 is 2.20 bits per heavy atom. The second-order valence-electron chi connectivity index (χ2n) is 4.49. The van der Waals surface area contributed by atoms with Crippen LogP contribution in [0.3, 0.4) is 0 Å². The van der Waals surface area contributed by atoms with Gasteiger partial charge in [-0.2, -0.15) is 0 Å². The highest BCUT2D eigenvalue weighted by Crippen LogP contribution is 2.16. The first-order chi connectivity index (χ1) is 9.60. The van der Waals surface area contributed by atoms with Crippen LogP contribution in [0.1, 0.15) is 40.9 Å². The van der Waals surface area contributed by atoms with Crippen LogP contribution in [0.5, 0.6) is 0 Å².